The highest BCUT2D eigenvalue weighted by molar-refractivity contribution is 5.90. The number of rotatable bonds is 4. The summed E-state index contributed by atoms with van der Waals surface area (Å²) in [6.45, 7) is 1.47. The molecule has 4 rings (SSSR count). The van der Waals surface area contributed by atoms with Crippen LogP contribution in [0, 0.1) is 17.0 Å². The van der Waals surface area contributed by atoms with Gasteiger partial charge in [0, 0.05) is 28.6 Å². The molecule has 28 heavy (non-hydrogen) atoms. The number of ether oxygens (including phenoxy) is 1. The van der Waals surface area contributed by atoms with Crippen molar-refractivity contribution in [2.45, 2.75) is 32.8 Å². The maximum atomic E-state index is 12.4. The Morgan fingerprint density at radius 2 is 1.93 bits per heavy atom. The smallest absolute Gasteiger partial charge is 0.338 e. The summed E-state index contributed by atoms with van der Waals surface area (Å²) in [5.74, 6) is -0.611. The van der Waals surface area contributed by atoms with Gasteiger partial charge in [-0.05, 0) is 61.6 Å². The van der Waals surface area contributed by atoms with Crippen LogP contribution in [0.25, 0.3) is 11.0 Å². The third-order valence-electron chi connectivity index (χ3n) is 5.03. The number of esters is 1. The molecule has 0 atom stereocenters. The maximum Gasteiger partial charge on any atom is 0.338 e. The fourth-order valence-corrected chi connectivity index (χ4v) is 3.63. The van der Waals surface area contributed by atoms with Crippen LogP contribution in [0.2, 0.25) is 0 Å². The monoisotopic (exact) mass is 379 g/mol. The summed E-state index contributed by atoms with van der Waals surface area (Å²) in [7, 11) is 0. The number of carbonyl (C=O) groups is 1. The van der Waals surface area contributed by atoms with Gasteiger partial charge in [-0.15, -0.1) is 0 Å². The van der Waals surface area contributed by atoms with E-state index in [0.29, 0.717) is 16.7 Å². The van der Waals surface area contributed by atoms with Crippen LogP contribution in [0.4, 0.5) is 5.69 Å². The summed E-state index contributed by atoms with van der Waals surface area (Å²) in [6, 6.07) is 9.28. The Morgan fingerprint density at radius 1 is 1.18 bits per heavy atom. The highest BCUT2D eigenvalue weighted by Crippen LogP contribution is 2.29. The van der Waals surface area contributed by atoms with E-state index in [1.807, 2.05) is 12.1 Å². The molecule has 1 heterocycles. The molecule has 0 unspecified atom stereocenters. The van der Waals surface area contributed by atoms with Gasteiger partial charge >= 0.3 is 11.6 Å². The van der Waals surface area contributed by atoms with Crippen molar-refractivity contribution in [3.63, 3.8) is 0 Å². The summed E-state index contributed by atoms with van der Waals surface area (Å²) in [6.07, 6.45) is 3.01. The van der Waals surface area contributed by atoms with E-state index < -0.39 is 16.5 Å². The molecule has 0 bridgehead atoms. The lowest BCUT2D eigenvalue weighted by Gasteiger charge is -2.09. The average Bonchev–Trinajstić information content (AvgIpc) is 3.11. The molecule has 0 amide bonds. The second-order valence-electron chi connectivity index (χ2n) is 6.90. The second-order valence-corrected chi connectivity index (χ2v) is 6.90. The number of hydrogen-bond acceptors (Lipinski definition) is 6. The topological polar surface area (TPSA) is 99.7 Å². The quantitative estimate of drug-likeness (QED) is 0.295. The second kappa shape index (κ2) is 6.92. The molecule has 1 aliphatic carbocycles. The Hall–Kier alpha value is -3.48. The summed E-state index contributed by atoms with van der Waals surface area (Å²) in [4.78, 5) is 34.7. The molecule has 3 aromatic rings. The molecule has 0 radical (unpaired) electrons. The van der Waals surface area contributed by atoms with E-state index in [-0.39, 0.29) is 17.9 Å². The lowest BCUT2D eigenvalue weighted by Crippen LogP contribution is -2.08. The summed E-state index contributed by atoms with van der Waals surface area (Å²) >= 11 is 0. The SMILES string of the molecule is Cc1cc(C(=O)OCc2cc(=O)oc3cc4c(cc23)CCC4)ccc1[N+](=O)[O-]. The number of carbonyl (C=O) groups excluding carboxylic acids is 1. The Labute approximate surface area is 159 Å². The lowest BCUT2D eigenvalue weighted by atomic mass is 10.0. The van der Waals surface area contributed by atoms with Crippen molar-refractivity contribution in [1.82, 2.24) is 0 Å². The Bertz CT molecular complexity index is 1180. The van der Waals surface area contributed by atoms with Gasteiger partial charge in [0.05, 0.1) is 10.5 Å². The molecule has 0 N–H and O–H groups in total. The number of benzene rings is 2. The van der Waals surface area contributed by atoms with Gasteiger partial charge in [-0.1, -0.05) is 0 Å². The molecule has 2 aromatic carbocycles. The fourth-order valence-electron chi connectivity index (χ4n) is 3.63. The molecule has 0 spiro atoms. The first-order valence-corrected chi connectivity index (χ1v) is 8.93. The molecule has 1 aromatic heterocycles. The van der Waals surface area contributed by atoms with Crippen LogP contribution < -0.4 is 5.63 Å². The first-order chi connectivity index (χ1) is 13.4. The largest absolute Gasteiger partial charge is 0.457 e. The van der Waals surface area contributed by atoms with Crippen molar-refractivity contribution in [1.29, 1.82) is 0 Å². The van der Waals surface area contributed by atoms with Crippen LogP contribution in [-0.2, 0) is 24.2 Å². The van der Waals surface area contributed by atoms with Crippen molar-refractivity contribution in [2.75, 3.05) is 0 Å². The van der Waals surface area contributed by atoms with Crippen LogP contribution in [0.15, 0.2) is 45.6 Å². The average molecular weight is 379 g/mol. The van der Waals surface area contributed by atoms with Crippen molar-refractivity contribution >= 4 is 22.6 Å². The van der Waals surface area contributed by atoms with Crippen LogP contribution in [0.5, 0.6) is 0 Å². The van der Waals surface area contributed by atoms with E-state index >= 15 is 0 Å². The summed E-state index contributed by atoms with van der Waals surface area (Å²) in [5, 5.41) is 11.7. The summed E-state index contributed by atoms with van der Waals surface area (Å²) < 4.78 is 10.7. The first-order valence-electron chi connectivity index (χ1n) is 8.93. The van der Waals surface area contributed by atoms with E-state index in [1.54, 1.807) is 6.92 Å². The Balaban J connectivity index is 1.60. The highest BCUT2D eigenvalue weighted by Gasteiger charge is 2.18. The minimum atomic E-state index is -0.611. The van der Waals surface area contributed by atoms with Crippen LogP contribution in [0.1, 0.15) is 39.0 Å². The van der Waals surface area contributed by atoms with Crippen molar-refractivity contribution in [3.8, 4) is 0 Å². The van der Waals surface area contributed by atoms with E-state index in [0.717, 1.165) is 24.6 Å². The van der Waals surface area contributed by atoms with Gasteiger partial charge < -0.3 is 9.15 Å². The highest BCUT2D eigenvalue weighted by atomic mass is 16.6. The predicted molar refractivity (Wildman–Crippen MR) is 101 cm³/mol. The number of nitro benzene ring substituents is 1. The van der Waals surface area contributed by atoms with E-state index in [9.17, 15) is 19.7 Å². The van der Waals surface area contributed by atoms with Gasteiger partial charge in [-0.25, -0.2) is 9.59 Å². The molecular formula is C21H17NO6. The Kier molecular flexibility index (Phi) is 4.43. The third-order valence-corrected chi connectivity index (χ3v) is 5.03. The van der Waals surface area contributed by atoms with Gasteiger partial charge in [0.2, 0.25) is 0 Å². The number of nitro groups is 1. The van der Waals surface area contributed by atoms with Crippen molar-refractivity contribution < 1.29 is 18.9 Å². The maximum absolute atomic E-state index is 12.4. The minimum Gasteiger partial charge on any atom is -0.457 e. The molecule has 7 heteroatoms. The zero-order valence-corrected chi connectivity index (χ0v) is 15.2. The molecule has 142 valence electrons. The molecule has 0 saturated carbocycles. The lowest BCUT2D eigenvalue weighted by molar-refractivity contribution is -0.385. The fraction of sp³-hybridized carbons (Fsp3) is 0.238. The number of aryl methyl sites for hydroxylation is 3. The molecule has 0 fully saturated rings. The Morgan fingerprint density at radius 3 is 2.64 bits per heavy atom. The van der Waals surface area contributed by atoms with Crippen LogP contribution >= 0.6 is 0 Å². The van der Waals surface area contributed by atoms with E-state index in [2.05, 4.69) is 0 Å². The molecule has 7 nitrogen and oxygen atoms in total. The number of fused-ring (bicyclic) bond motifs is 2. The molecule has 0 aliphatic heterocycles. The molecular weight excluding hydrogens is 362 g/mol. The van der Waals surface area contributed by atoms with Crippen molar-refractivity contribution in [3.05, 3.63) is 84.7 Å². The van der Waals surface area contributed by atoms with E-state index in [1.165, 1.54) is 35.4 Å². The minimum absolute atomic E-state index is 0.0583. The first kappa shape index (κ1) is 17.9. The van der Waals surface area contributed by atoms with Crippen LogP contribution in [0.3, 0.4) is 0 Å². The standard InChI is InChI=1S/C21H17NO6/c1-12-7-15(5-6-18(12)22(25)26)21(24)27-11-16-10-20(23)28-19-9-14-4-2-3-13(14)8-17(16)19/h5-10H,2-4,11H2,1H3. The summed E-state index contributed by atoms with van der Waals surface area (Å²) in [5.41, 5.74) is 3.52. The van der Waals surface area contributed by atoms with Crippen molar-refractivity contribution in [2.24, 2.45) is 0 Å². The number of nitrogens with zero attached hydrogens (tertiary/aromatic N) is 1. The molecule has 0 saturated heterocycles. The van der Waals surface area contributed by atoms with Gasteiger partial charge in [0.15, 0.2) is 0 Å². The van der Waals surface area contributed by atoms with Gasteiger partial charge in [0.1, 0.15) is 12.2 Å². The van der Waals surface area contributed by atoms with Gasteiger partial charge in [-0.3, -0.25) is 10.1 Å². The van der Waals surface area contributed by atoms with E-state index in [4.69, 9.17) is 9.15 Å². The van der Waals surface area contributed by atoms with Gasteiger partial charge in [0.25, 0.3) is 5.69 Å². The normalized spacial score (nSPS) is 12.8. The predicted octanol–water partition coefficient (Wildman–Crippen LogP) is 3.86. The number of hydrogen-bond donors (Lipinski definition) is 0. The zero-order chi connectivity index (χ0) is 19.8. The van der Waals surface area contributed by atoms with Crippen LogP contribution in [-0.4, -0.2) is 10.9 Å². The third kappa shape index (κ3) is 3.26. The zero-order valence-electron chi connectivity index (χ0n) is 15.2. The van der Waals surface area contributed by atoms with Gasteiger partial charge in [-0.2, -0.15) is 0 Å². The molecule has 1 aliphatic rings.